The van der Waals surface area contributed by atoms with E-state index in [4.69, 9.17) is 5.73 Å². The second-order valence-electron chi connectivity index (χ2n) is 10.9. The third-order valence-electron chi connectivity index (χ3n) is 7.58. The summed E-state index contributed by atoms with van der Waals surface area (Å²) in [5.41, 5.74) is 8.61. The van der Waals surface area contributed by atoms with E-state index >= 15 is 0 Å². The second-order valence-corrected chi connectivity index (χ2v) is 10.9. The maximum absolute atomic E-state index is 13.7. The summed E-state index contributed by atoms with van der Waals surface area (Å²) in [4.78, 5) is 0. The van der Waals surface area contributed by atoms with Gasteiger partial charge in [0.05, 0.1) is 11.6 Å². The molecule has 0 saturated heterocycles. The second kappa shape index (κ2) is 8.51. The van der Waals surface area contributed by atoms with Gasteiger partial charge in [0, 0.05) is 24.1 Å². The smallest absolute Gasteiger partial charge is 0.126 e. The van der Waals surface area contributed by atoms with Gasteiger partial charge >= 0.3 is 0 Å². The van der Waals surface area contributed by atoms with Crippen LogP contribution in [0.3, 0.4) is 0 Å². The number of hydrogen-bond donors (Lipinski definition) is 3. The number of benzene rings is 2. The van der Waals surface area contributed by atoms with Crippen molar-refractivity contribution in [1.82, 2.24) is 5.32 Å². The van der Waals surface area contributed by atoms with Crippen LogP contribution in [0.5, 0.6) is 0 Å². The van der Waals surface area contributed by atoms with Gasteiger partial charge < -0.3 is 16.2 Å². The molecule has 0 aliphatic heterocycles. The molecule has 3 nitrogen and oxygen atoms in total. The van der Waals surface area contributed by atoms with Crippen molar-refractivity contribution >= 4 is 0 Å². The Balaban J connectivity index is 1.51. The van der Waals surface area contributed by atoms with Gasteiger partial charge in [-0.2, -0.15) is 0 Å². The summed E-state index contributed by atoms with van der Waals surface area (Å²) in [5, 5.41) is 14.7. The SMILES string of the molecule is CC(C)(C)c1cccc(C2(NC[C@@H](O)C3(N)C[C@@H]3c3cc(F)cc(F)c3)CCCCC2)c1. The van der Waals surface area contributed by atoms with Gasteiger partial charge in [0.15, 0.2) is 0 Å². The van der Waals surface area contributed by atoms with Crippen LogP contribution in [0.4, 0.5) is 8.78 Å². The molecule has 2 aliphatic rings. The molecular formula is C27H36F2N2O. The normalized spacial score (nSPS) is 26.0. The fourth-order valence-corrected chi connectivity index (χ4v) is 5.36. The van der Waals surface area contributed by atoms with E-state index in [9.17, 15) is 13.9 Å². The minimum Gasteiger partial charge on any atom is -0.390 e. The van der Waals surface area contributed by atoms with Crippen LogP contribution in [0.25, 0.3) is 0 Å². The molecule has 32 heavy (non-hydrogen) atoms. The van der Waals surface area contributed by atoms with Crippen molar-refractivity contribution in [3.8, 4) is 0 Å². The first-order valence-electron chi connectivity index (χ1n) is 11.8. The van der Waals surface area contributed by atoms with Gasteiger partial charge in [0.25, 0.3) is 0 Å². The van der Waals surface area contributed by atoms with E-state index in [-0.39, 0.29) is 16.9 Å². The Morgan fingerprint density at radius 1 is 1.06 bits per heavy atom. The molecule has 3 atom stereocenters. The van der Waals surface area contributed by atoms with E-state index < -0.39 is 23.3 Å². The Hall–Kier alpha value is -1.82. The van der Waals surface area contributed by atoms with Crippen LogP contribution < -0.4 is 11.1 Å². The highest BCUT2D eigenvalue weighted by molar-refractivity contribution is 5.36. The van der Waals surface area contributed by atoms with Gasteiger partial charge in [-0.05, 0) is 53.5 Å². The average molecular weight is 443 g/mol. The summed E-state index contributed by atoms with van der Waals surface area (Å²) in [7, 11) is 0. The molecule has 0 bridgehead atoms. The van der Waals surface area contributed by atoms with E-state index in [1.54, 1.807) is 0 Å². The van der Waals surface area contributed by atoms with Crippen LogP contribution in [-0.4, -0.2) is 23.3 Å². The third kappa shape index (κ3) is 4.61. The molecule has 5 heteroatoms. The molecule has 4 rings (SSSR count). The van der Waals surface area contributed by atoms with Gasteiger partial charge in [-0.25, -0.2) is 8.78 Å². The number of aliphatic hydroxyl groups is 1. The summed E-state index contributed by atoms with van der Waals surface area (Å²) in [6.45, 7) is 7.01. The standard InChI is InChI=1S/C27H36F2N2O/c1-25(2,3)19-8-7-9-20(14-19)26(10-5-4-6-11-26)31-17-24(32)27(30)16-23(27)18-12-21(28)15-22(29)13-18/h7-9,12-15,23-24,31-32H,4-6,10-11,16-17,30H2,1-3H3/t23-,24-,27?/m1/s1. The van der Waals surface area contributed by atoms with E-state index in [1.807, 2.05) is 0 Å². The number of halogens is 2. The fourth-order valence-electron chi connectivity index (χ4n) is 5.36. The average Bonchev–Trinajstić information content (AvgIpc) is 3.45. The van der Waals surface area contributed by atoms with E-state index in [2.05, 4.69) is 50.4 Å². The number of aliphatic hydroxyl groups excluding tert-OH is 1. The summed E-state index contributed by atoms with van der Waals surface area (Å²) in [6, 6.07) is 12.3. The van der Waals surface area contributed by atoms with Crippen molar-refractivity contribution in [2.45, 2.75) is 87.8 Å². The minimum atomic E-state index is -0.865. The first-order valence-corrected chi connectivity index (χ1v) is 11.8. The van der Waals surface area contributed by atoms with E-state index in [0.29, 0.717) is 18.5 Å². The van der Waals surface area contributed by atoms with Crippen molar-refractivity contribution in [3.05, 3.63) is 70.8 Å². The summed E-state index contributed by atoms with van der Waals surface area (Å²) in [6.07, 6.45) is 5.25. The summed E-state index contributed by atoms with van der Waals surface area (Å²) >= 11 is 0. The molecule has 2 aromatic carbocycles. The molecule has 1 unspecified atom stereocenters. The zero-order chi connectivity index (χ0) is 23.1. The lowest BCUT2D eigenvalue weighted by molar-refractivity contribution is 0.106. The van der Waals surface area contributed by atoms with Crippen LogP contribution in [0.15, 0.2) is 42.5 Å². The molecule has 0 aromatic heterocycles. The molecule has 0 amide bonds. The van der Waals surface area contributed by atoms with Crippen LogP contribution in [0.2, 0.25) is 0 Å². The van der Waals surface area contributed by atoms with Crippen LogP contribution in [0, 0.1) is 11.6 Å². The largest absolute Gasteiger partial charge is 0.390 e. The molecule has 2 aliphatic carbocycles. The molecular weight excluding hydrogens is 406 g/mol. The first kappa shape index (κ1) is 23.3. The predicted octanol–water partition coefficient (Wildman–Crippen LogP) is 5.26. The van der Waals surface area contributed by atoms with Crippen molar-refractivity contribution in [3.63, 3.8) is 0 Å². The Bertz CT molecular complexity index is 944. The zero-order valence-electron chi connectivity index (χ0n) is 19.4. The highest BCUT2D eigenvalue weighted by Crippen LogP contribution is 2.52. The van der Waals surface area contributed by atoms with Crippen molar-refractivity contribution in [2.24, 2.45) is 5.73 Å². The number of rotatable bonds is 6. The van der Waals surface area contributed by atoms with E-state index in [1.165, 1.54) is 29.7 Å². The van der Waals surface area contributed by atoms with Crippen molar-refractivity contribution < 1.29 is 13.9 Å². The molecule has 2 fully saturated rings. The van der Waals surface area contributed by atoms with Gasteiger partial charge in [-0.1, -0.05) is 64.3 Å². The highest BCUT2D eigenvalue weighted by Gasteiger charge is 2.57. The van der Waals surface area contributed by atoms with Gasteiger partial charge in [-0.3, -0.25) is 0 Å². The number of nitrogens with one attached hydrogen (secondary N) is 1. The maximum atomic E-state index is 13.7. The van der Waals surface area contributed by atoms with Gasteiger partial charge in [0.1, 0.15) is 11.6 Å². The highest BCUT2D eigenvalue weighted by atomic mass is 19.1. The Kier molecular flexibility index (Phi) is 6.21. The molecule has 0 spiro atoms. The van der Waals surface area contributed by atoms with Gasteiger partial charge in [0.2, 0.25) is 0 Å². The zero-order valence-corrected chi connectivity index (χ0v) is 19.4. The first-order chi connectivity index (χ1) is 15.0. The Morgan fingerprint density at radius 3 is 2.34 bits per heavy atom. The summed E-state index contributed by atoms with van der Waals surface area (Å²) < 4.78 is 27.3. The van der Waals surface area contributed by atoms with Crippen LogP contribution in [-0.2, 0) is 11.0 Å². The summed E-state index contributed by atoms with van der Waals surface area (Å²) in [5.74, 6) is -1.46. The third-order valence-corrected chi connectivity index (χ3v) is 7.58. The maximum Gasteiger partial charge on any atom is 0.126 e. The van der Waals surface area contributed by atoms with Crippen LogP contribution in [0.1, 0.15) is 81.9 Å². The topological polar surface area (TPSA) is 58.3 Å². The number of nitrogens with two attached hydrogens (primary N) is 1. The molecule has 2 aromatic rings. The van der Waals surface area contributed by atoms with Crippen LogP contribution >= 0.6 is 0 Å². The van der Waals surface area contributed by atoms with Crippen molar-refractivity contribution in [1.29, 1.82) is 0 Å². The number of hydrogen-bond acceptors (Lipinski definition) is 3. The van der Waals surface area contributed by atoms with Crippen molar-refractivity contribution in [2.75, 3.05) is 6.54 Å². The molecule has 0 radical (unpaired) electrons. The van der Waals surface area contributed by atoms with E-state index in [0.717, 1.165) is 31.7 Å². The monoisotopic (exact) mass is 442 g/mol. The van der Waals surface area contributed by atoms with Gasteiger partial charge in [-0.15, -0.1) is 0 Å². The Morgan fingerprint density at radius 2 is 1.72 bits per heavy atom. The molecule has 174 valence electrons. The fraction of sp³-hybridized carbons (Fsp3) is 0.556. The molecule has 2 saturated carbocycles. The Labute approximate surface area is 190 Å². The quantitative estimate of drug-likeness (QED) is 0.572. The predicted molar refractivity (Wildman–Crippen MR) is 125 cm³/mol. The lowest BCUT2D eigenvalue weighted by Gasteiger charge is -2.41. The molecule has 4 N–H and O–H groups in total. The lowest BCUT2D eigenvalue weighted by Crippen LogP contribution is -2.52. The lowest BCUT2D eigenvalue weighted by atomic mass is 9.74. The molecule has 0 heterocycles. The minimum absolute atomic E-state index is 0.0637.